The quantitative estimate of drug-likeness (QED) is 0.722. The highest BCUT2D eigenvalue weighted by Crippen LogP contribution is 2.30. The highest BCUT2D eigenvalue weighted by molar-refractivity contribution is 7.29. The van der Waals surface area contributed by atoms with Gasteiger partial charge in [0, 0.05) is 10.1 Å². The van der Waals surface area contributed by atoms with E-state index >= 15 is 0 Å². The van der Waals surface area contributed by atoms with Gasteiger partial charge in [-0.2, -0.15) is 11.3 Å². The van der Waals surface area contributed by atoms with Crippen LogP contribution in [0.2, 0.25) is 0 Å². The molecule has 15 heavy (non-hydrogen) atoms. The molecule has 6 heteroatoms. The van der Waals surface area contributed by atoms with Crippen LogP contribution in [0.1, 0.15) is 0 Å². The molecule has 2 rings (SSSR count). The molecule has 0 aliphatic heterocycles. The molecule has 0 atom stereocenters. The van der Waals surface area contributed by atoms with E-state index in [1.54, 1.807) is 18.2 Å². The van der Waals surface area contributed by atoms with E-state index in [2.05, 4.69) is 0 Å². The Morgan fingerprint density at radius 3 is 2.60 bits per heavy atom. The second kappa shape index (κ2) is 3.45. The van der Waals surface area contributed by atoms with Crippen molar-refractivity contribution in [2.24, 2.45) is 0 Å². The third kappa shape index (κ3) is 1.81. The molecule has 0 aliphatic carbocycles. The number of ether oxygens (including phenoxy) is 1. The Bertz CT molecular complexity index is 492. The molecule has 0 spiro atoms. The van der Waals surface area contributed by atoms with E-state index in [0.29, 0.717) is 15.8 Å². The number of methoxy groups -OCH3 is 1. The summed E-state index contributed by atoms with van der Waals surface area (Å²) in [4.78, 5) is 0. The smallest absolute Gasteiger partial charge is 0.496 e. The van der Waals surface area contributed by atoms with Gasteiger partial charge in [-0.15, -0.1) is 0 Å². The predicted molar refractivity (Wildman–Crippen MR) is 57.1 cm³/mol. The van der Waals surface area contributed by atoms with E-state index in [0.717, 1.165) is 17.4 Å². The molecule has 1 heterocycles. The normalized spacial score (nSPS) is 12.0. The molecule has 0 amide bonds. The van der Waals surface area contributed by atoms with Crippen LogP contribution < -0.4 is 9.51 Å². The molecule has 0 aliphatic rings. The zero-order valence-corrected chi connectivity index (χ0v) is 8.65. The van der Waals surface area contributed by atoms with Crippen molar-refractivity contribution in [1.82, 2.24) is 0 Å². The Balaban J connectivity index is 2.65. The van der Waals surface area contributed by atoms with Gasteiger partial charge in [0.2, 0.25) is 0 Å². The summed E-state index contributed by atoms with van der Waals surface area (Å²) >= 11 is 0.757. The maximum Gasteiger partial charge on any atom is 0.519 e. The third-order valence-corrected chi connectivity index (χ3v) is 3.28. The standard InChI is InChI=1S/C9H7BF3OS/c1-14-7-3-2-4-8-6(7)5-9(15-8)10(11,12)13/h2-5H,1H3/q-1. The fourth-order valence-corrected chi connectivity index (χ4v) is 2.37. The predicted octanol–water partition coefficient (Wildman–Crippen LogP) is 2.96. The third-order valence-electron chi connectivity index (χ3n) is 2.08. The SMILES string of the molecule is COc1cccc2sc([B-](F)(F)F)cc12. The second-order valence-corrected chi connectivity index (χ2v) is 4.21. The molecular weight excluding hydrogens is 224 g/mol. The molecule has 1 nitrogen and oxygen atoms in total. The number of rotatable bonds is 2. The monoisotopic (exact) mass is 231 g/mol. The van der Waals surface area contributed by atoms with Gasteiger partial charge in [0.1, 0.15) is 5.75 Å². The van der Waals surface area contributed by atoms with E-state index in [1.807, 2.05) is 0 Å². The fraction of sp³-hybridized carbons (Fsp3) is 0.111. The van der Waals surface area contributed by atoms with Crippen molar-refractivity contribution < 1.29 is 17.7 Å². The summed E-state index contributed by atoms with van der Waals surface area (Å²) < 4.78 is 42.5. The lowest BCUT2D eigenvalue weighted by Gasteiger charge is -2.09. The zero-order chi connectivity index (χ0) is 11.1. The minimum atomic E-state index is -4.92. The summed E-state index contributed by atoms with van der Waals surface area (Å²) in [6, 6.07) is 6.15. The van der Waals surface area contributed by atoms with Crippen LogP contribution in [0.4, 0.5) is 12.9 Å². The van der Waals surface area contributed by atoms with Crippen molar-refractivity contribution in [3.05, 3.63) is 24.3 Å². The number of benzene rings is 1. The molecule has 0 N–H and O–H groups in total. The van der Waals surface area contributed by atoms with Gasteiger partial charge in [-0.3, -0.25) is 0 Å². The molecule has 0 unspecified atom stereocenters. The van der Waals surface area contributed by atoms with Crippen LogP contribution in [0.25, 0.3) is 10.1 Å². The summed E-state index contributed by atoms with van der Waals surface area (Å²) in [5.74, 6) is 0.482. The minimum absolute atomic E-state index is 0.482. The number of thiophene rings is 1. The van der Waals surface area contributed by atoms with Crippen molar-refractivity contribution in [2.45, 2.75) is 0 Å². The molecule has 1 aromatic heterocycles. The lowest BCUT2D eigenvalue weighted by atomic mass is 9.89. The van der Waals surface area contributed by atoms with E-state index in [4.69, 9.17) is 4.74 Å². The molecule has 0 radical (unpaired) electrons. The molecule has 0 bridgehead atoms. The van der Waals surface area contributed by atoms with Crippen molar-refractivity contribution in [3.63, 3.8) is 0 Å². The summed E-state index contributed by atoms with van der Waals surface area (Å²) in [6.07, 6.45) is 0. The molecule has 0 saturated heterocycles. The Hall–Kier alpha value is -1.17. The van der Waals surface area contributed by atoms with Crippen LogP contribution in [-0.2, 0) is 0 Å². The average Bonchev–Trinajstić information content (AvgIpc) is 2.59. The molecule has 0 fully saturated rings. The Morgan fingerprint density at radius 1 is 1.27 bits per heavy atom. The van der Waals surface area contributed by atoms with Gasteiger partial charge in [-0.25, -0.2) is 0 Å². The second-order valence-electron chi connectivity index (χ2n) is 3.10. The van der Waals surface area contributed by atoms with E-state index in [-0.39, 0.29) is 0 Å². The van der Waals surface area contributed by atoms with Crippen LogP contribution in [0.15, 0.2) is 24.3 Å². The van der Waals surface area contributed by atoms with Crippen LogP contribution >= 0.6 is 11.3 Å². The number of halogens is 3. The van der Waals surface area contributed by atoms with Crippen LogP contribution in [-0.4, -0.2) is 14.1 Å². The van der Waals surface area contributed by atoms with Gasteiger partial charge in [0.05, 0.1) is 7.11 Å². The van der Waals surface area contributed by atoms with Gasteiger partial charge in [-0.05, 0) is 12.1 Å². The largest absolute Gasteiger partial charge is 0.519 e. The minimum Gasteiger partial charge on any atom is -0.496 e. The first-order valence-electron chi connectivity index (χ1n) is 4.29. The van der Waals surface area contributed by atoms with Gasteiger partial charge in [0.15, 0.2) is 0 Å². The number of hydrogen-bond acceptors (Lipinski definition) is 2. The molecule has 2 aromatic rings. The van der Waals surface area contributed by atoms with Crippen LogP contribution in [0.5, 0.6) is 5.75 Å². The van der Waals surface area contributed by atoms with Gasteiger partial charge < -0.3 is 17.7 Å². The summed E-state index contributed by atoms with van der Waals surface area (Å²) in [6.45, 7) is -4.92. The van der Waals surface area contributed by atoms with E-state index in [1.165, 1.54) is 7.11 Å². The lowest BCUT2D eigenvalue weighted by molar-refractivity contribution is 0.420. The highest BCUT2D eigenvalue weighted by atomic mass is 32.1. The van der Waals surface area contributed by atoms with Crippen LogP contribution in [0, 0.1) is 0 Å². The van der Waals surface area contributed by atoms with Crippen molar-refractivity contribution in [3.8, 4) is 5.75 Å². The first-order chi connectivity index (χ1) is 7.02. The van der Waals surface area contributed by atoms with Crippen molar-refractivity contribution >= 4 is 33.2 Å². The van der Waals surface area contributed by atoms with Gasteiger partial charge in [0.25, 0.3) is 0 Å². The first kappa shape index (κ1) is 10.4. The summed E-state index contributed by atoms with van der Waals surface area (Å²) in [5.41, 5.74) is 0. The Kier molecular flexibility index (Phi) is 2.38. The van der Waals surface area contributed by atoms with E-state index in [9.17, 15) is 12.9 Å². The maximum atomic E-state index is 12.5. The highest BCUT2D eigenvalue weighted by Gasteiger charge is 2.28. The summed E-state index contributed by atoms with van der Waals surface area (Å²) in [7, 11) is 1.45. The molecule has 80 valence electrons. The van der Waals surface area contributed by atoms with Gasteiger partial charge >= 0.3 is 6.98 Å². The molecule has 0 saturated carbocycles. The van der Waals surface area contributed by atoms with Crippen molar-refractivity contribution in [1.29, 1.82) is 0 Å². The maximum absolute atomic E-state index is 12.5. The number of fused-ring (bicyclic) bond motifs is 1. The van der Waals surface area contributed by atoms with Gasteiger partial charge in [-0.1, -0.05) is 16.9 Å². The lowest BCUT2D eigenvalue weighted by Crippen LogP contribution is -2.30. The zero-order valence-electron chi connectivity index (χ0n) is 7.84. The summed E-state index contributed by atoms with van der Waals surface area (Å²) in [5, 5.41) is 0.527. The molecular formula is C9H7BF3OS-. The Morgan fingerprint density at radius 2 is 2.00 bits per heavy atom. The van der Waals surface area contributed by atoms with Crippen LogP contribution in [0.3, 0.4) is 0 Å². The first-order valence-corrected chi connectivity index (χ1v) is 5.10. The topological polar surface area (TPSA) is 9.23 Å². The Labute approximate surface area is 88.5 Å². The van der Waals surface area contributed by atoms with E-state index < -0.39 is 11.8 Å². The number of hydrogen-bond donors (Lipinski definition) is 0. The molecule has 1 aromatic carbocycles. The fourth-order valence-electron chi connectivity index (χ4n) is 1.39. The van der Waals surface area contributed by atoms with Crippen molar-refractivity contribution in [2.75, 3.05) is 7.11 Å². The average molecular weight is 231 g/mol.